The molecule has 1 saturated carbocycles. The first-order valence-corrected chi connectivity index (χ1v) is 10.7. The second-order valence-corrected chi connectivity index (χ2v) is 7.95. The molecule has 0 unspecified atom stereocenters. The fourth-order valence-corrected chi connectivity index (χ4v) is 4.25. The summed E-state index contributed by atoms with van der Waals surface area (Å²) in [6.45, 7) is 5.37. The summed E-state index contributed by atoms with van der Waals surface area (Å²) in [5.41, 5.74) is 8.78. The lowest BCUT2D eigenvalue weighted by molar-refractivity contribution is 0.331. The average Bonchev–Trinajstić information content (AvgIpc) is 3.21. The minimum absolute atomic E-state index is 0. The van der Waals surface area contributed by atoms with Gasteiger partial charge in [0.2, 0.25) is 0 Å². The first-order chi connectivity index (χ1) is 12.8. The molecule has 0 amide bonds. The highest BCUT2D eigenvalue weighted by Crippen LogP contribution is 2.32. The summed E-state index contributed by atoms with van der Waals surface area (Å²) in [5, 5.41) is 3.25. The number of aliphatic imine (C=N–C) groups is 1. The van der Waals surface area contributed by atoms with Gasteiger partial charge >= 0.3 is 0 Å². The van der Waals surface area contributed by atoms with E-state index in [0.717, 1.165) is 25.4 Å². The van der Waals surface area contributed by atoms with E-state index in [1.54, 1.807) is 0 Å². The SMILES string of the molecule is Cl.Cl.NC(=NCCCCN1CCCC1)NCc1ccc(C2CCCCC2)cc1. The molecule has 1 aliphatic heterocycles. The number of rotatable bonds is 8. The molecule has 1 aliphatic carbocycles. The van der Waals surface area contributed by atoms with Crippen LogP contribution in [0.3, 0.4) is 0 Å². The van der Waals surface area contributed by atoms with Crippen LogP contribution in [0.2, 0.25) is 0 Å². The molecule has 1 aromatic carbocycles. The zero-order valence-corrected chi connectivity index (χ0v) is 18.7. The van der Waals surface area contributed by atoms with E-state index in [1.165, 1.54) is 82.1 Å². The lowest BCUT2D eigenvalue weighted by atomic mass is 9.84. The van der Waals surface area contributed by atoms with Crippen LogP contribution in [-0.4, -0.2) is 37.0 Å². The van der Waals surface area contributed by atoms with Crippen LogP contribution in [0.5, 0.6) is 0 Å². The third-order valence-electron chi connectivity index (χ3n) is 5.89. The van der Waals surface area contributed by atoms with Gasteiger partial charge in [0.1, 0.15) is 0 Å². The highest BCUT2D eigenvalue weighted by molar-refractivity contribution is 5.85. The molecule has 1 aromatic rings. The summed E-state index contributed by atoms with van der Waals surface area (Å²) in [5.74, 6) is 1.35. The molecule has 1 saturated heterocycles. The normalized spacial score (nSPS) is 18.4. The molecule has 0 bridgehead atoms. The van der Waals surface area contributed by atoms with Crippen molar-refractivity contribution in [1.82, 2.24) is 10.2 Å². The Bertz CT molecular complexity index is 550. The molecule has 0 aromatic heterocycles. The molecule has 0 atom stereocenters. The maximum atomic E-state index is 6.00. The van der Waals surface area contributed by atoms with E-state index in [9.17, 15) is 0 Å². The summed E-state index contributed by atoms with van der Waals surface area (Å²) in [4.78, 5) is 7.02. The zero-order valence-electron chi connectivity index (χ0n) is 17.1. The number of likely N-dealkylation sites (tertiary alicyclic amines) is 1. The Kier molecular flexibility index (Phi) is 12.6. The van der Waals surface area contributed by atoms with Gasteiger partial charge in [-0.3, -0.25) is 4.99 Å². The molecule has 2 fully saturated rings. The number of benzene rings is 1. The highest BCUT2D eigenvalue weighted by atomic mass is 35.5. The highest BCUT2D eigenvalue weighted by Gasteiger charge is 2.15. The molecule has 3 N–H and O–H groups in total. The Morgan fingerprint density at radius 3 is 2.32 bits per heavy atom. The molecular formula is C22H38Cl2N4. The van der Waals surface area contributed by atoms with Gasteiger partial charge in [0.15, 0.2) is 5.96 Å². The number of hydrogen-bond acceptors (Lipinski definition) is 2. The summed E-state index contributed by atoms with van der Waals surface area (Å²) in [6, 6.07) is 9.08. The van der Waals surface area contributed by atoms with Gasteiger partial charge in [0, 0.05) is 13.1 Å². The minimum atomic E-state index is 0. The Morgan fingerprint density at radius 1 is 0.964 bits per heavy atom. The fraction of sp³-hybridized carbons (Fsp3) is 0.682. The summed E-state index contributed by atoms with van der Waals surface area (Å²) < 4.78 is 0. The van der Waals surface area contributed by atoms with E-state index in [4.69, 9.17) is 5.73 Å². The molecular weight excluding hydrogens is 391 g/mol. The van der Waals surface area contributed by atoms with E-state index < -0.39 is 0 Å². The van der Waals surface area contributed by atoms with Crippen molar-refractivity contribution in [2.24, 2.45) is 10.7 Å². The summed E-state index contributed by atoms with van der Waals surface area (Å²) >= 11 is 0. The molecule has 160 valence electrons. The van der Waals surface area contributed by atoms with E-state index in [0.29, 0.717) is 5.96 Å². The van der Waals surface area contributed by atoms with Gasteiger partial charge in [-0.1, -0.05) is 43.5 Å². The maximum Gasteiger partial charge on any atom is 0.188 e. The first kappa shape index (κ1) is 25.1. The van der Waals surface area contributed by atoms with Gasteiger partial charge < -0.3 is 16.0 Å². The van der Waals surface area contributed by atoms with Crippen LogP contribution < -0.4 is 11.1 Å². The summed E-state index contributed by atoms with van der Waals surface area (Å²) in [6.07, 6.45) is 12.0. The average molecular weight is 429 g/mol. The van der Waals surface area contributed by atoms with Crippen molar-refractivity contribution in [1.29, 1.82) is 0 Å². The molecule has 0 spiro atoms. The van der Waals surface area contributed by atoms with Crippen molar-refractivity contribution >= 4 is 30.8 Å². The standard InChI is InChI=1S/C22H36N4.2ClH/c23-22(24-14-4-5-15-26-16-6-7-17-26)25-18-19-10-12-21(13-11-19)20-8-2-1-3-9-20;;/h10-13,20H,1-9,14-18H2,(H3,23,24,25);2*1H. The van der Waals surface area contributed by atoms with Gasteiger partial charge in [-0.25, -0.2) is 0 Å². The number of nitrogens with two attached hydrogens (primary N) is 1. The number of nitrogens with one attached hydrogen (secondary N) is 1. The quantitative estimate of drug-likeness (QED) is 0.353. The minimum Gasteiger partial charge on any atom is -0.370 e. The van der Waals surface area contributed by atoms with Crippen LogP contribution in [0.15, 0.2) is 29.3 Å². The fourth-order valence-electron chi connectivity index (χ4n) is 4.25. The third kappa shape index (κ3) is 8.59. The van der Waals surface area contributed by atoms with Crippen molar-refractivity contribution in [2.45, 2.75) is 70.3 Å². The monoisotopic (exact) mass is 428 g/mol. The molecule has 28 heavy (non-hydrogen) atoms. The van der Waals surface area contributed by atoms with E-state index >= 15 is 0 Å². The van der Waals surface area contributed by atoms with Crippen LogP contribution in [0, 0.1) is 0 Å². The number of hydrogen-bond donors (Lipinski definition) is 2. The number of unbranched alkanes of at least 4 members (excludes halogenated alkanes) is 1. The number of halogens is 2. The Morgan fingerprint density at radius 2 is 1.64 bits per heavy atom. The van der Waals surface area contributed by atoms with Crippen molar-refractivity contribution in [3.05, 3.63) is 35.4 Å². The second kappa shape index (κ2) is 14.1. The van der Waals surface area contributed by atoms with Crippen LogP contribution >= 0.6 is 24.8 Å². The van der Waals surface area contributed by atoms with E-state index in [2.05, 4.69) is 39.5 Å². The van der Waals surface area contributed by atoms with Crippen LogP contribution in [0.4, 0.5) is 0 Å². The smallest absolute Gasteiger partial charge is 0.188 e. The van der Waals surface area contributed by atoms with Crippen molar-refractivity contribution in [3.8, 4) is 0 Å². The van der Waals surface area contributed by atoms with Crippen LogP contribution in [-0.2, 0) is 6.54 Å². The van der Waals surface area contributed by atoms with E-state index in [1.807, 2.05) is 0 Å². The van der Waals surface area contributed by atoms with Gasteiger partial charge in [-0.05, 0) is 75.2 Å². The molecule has 6 heteroatoms. The number of nitrogens with zero attached hydrogens (tertiary/aromatic N) is 2. The van der Waals surface area contributed by atoms with Gasteiger partial charge in [0.05, 0.1) is 0 Å². The Labute approximate surface area is 183 Å². The van der Waals surface area contributed by atoms with Gasteiger partial charge in [0.25, 0.3) is 0 Å². The maximum absolute atomic E-state index is 6.00. The van der Waals surface area contributed by atoms with Crippen molar-refractivity contribution < 1.29 is 0 Å². The zero-order chi connectivity index (χ0) is 18.0. The van der Waals surface area contributed by atoms with Gasteiger partial charge in [-0.15, -0.1) is 24.8 Å². The molecule has 1 heterocycles. The largest absolute Gasteiger partial charge is 0.370 e. The second-order valence-electron chi connectivity index (χ2n) is 7.95. The van der Waals surface area contributed by atoms with Gasteiger partial charge in [-0.2, -0.15) is 0 Å². The molecule has 0 radical (unpaired) electrons. The lowest BCUT2D eigenvalue weighted by Crippen LogP contribution is -2.31. The summed E-state index contributed by atoms with van der Waals surface area (Å²) in [7, 11) is 0. The van der Waals surface area contributed by atoms with Crippen molar-refractivity contribution in [2.75, 3.05) is 26.2 Å². The molecule has 3 rings (SSSR count). The molecule has 4 nitrogen and oxygen atoms in total. The predicted octanol–water partition coefficient (Wildman–Crippen LogP) is 4.86. The topological polar surface area (TPSA) is 53.6 Å². The lowest BCUT2D eigenvalue weighted by Gasteiger charge is -2.22. The van der Waals surface area contributed by atoms with Crippen LogP contribution in [0.1, 0.15) is 74.8 Å². The predicted molar refractivity (Wildman–Crippen MR) is 125 cm³/mol. The Hall–Kier alpha value is -0.970. The molecule has 2 aliphatic rings. The first-order valence-electron chi connectivity index (χ1n) is 10.7. The number of guanidine groups is 1. The Balaban J connectivity index is 0.00000196. The van der Waals surface area contributed by atoms with E-state index in [-0.39, 0.29) is 24.8 Å². The third-order valence-corrected chi connectivity index (χ3v) is 5.89. The van der Waals surface area contributed by atoms with Crippen molar-refractivity contribution in [3.63, 3.8) is 0 Å². The van der Waals surface area contributed by atoms with Crippen LogP contribution in [0.25, 0.3) is 0 Å².